The molecule has 3 heteroatoms. The second-order valence-corrected chi connectivity index (χ2v) is 3.31. The van der Waals surface area contributed by atoms with Crippen molar-refractivity contribution in [2.45, 2.75) is 6.92 Å². The van der Waals surface area contributed by atoms with Crippen molar-refractivity contribution in [3.8, 4) is 0 Å². The Morgan fingerprint density at radius 3 is 3.00 bits per heavy atom. The molecule has 0 spiro atoms. The van der Waals surface area contributed by atoms with Crippen LogP contribution in [0.5, 0.6) is 0 Å². The van der Waals surface area contributed by atoms with Gasteiger partial charge in [-0.15, -0.1) is 0 Å². The van der Waals surface area contributed by atoms with Crippen LogP contribution in [0.4, 0.5) is 0 Å². The fourth-order valence-electron chi connectivity index (χ4n) is 1.30. The van der Waals surface area contributed by atoms with E-state index in [-0.39, 0.29) is 5.97 Å². The molecule has 0 saturated carbocycles. The van der Waals surface area contributed by atoms with Gasteiger partial charge in [-0.25, -0.2) is 4.79 Å². The quantitative estimate of drug-likeness (QED) is 0.771. The summed E-state index contributed by atoms with van der Waals surface area (Å²) < 4.78 is 4.93. The molecule has 16 heavy (non-hydrogen) atoms. The fraction of sp³-hybridized carbons (Fsp3) is 0.308. The highest BCUT2D eigenvalue weighted by molar-refractivity contribution is 5.90. The lowest BCUT2D eigenvalue weighted by molar-refractivity contribution is 0.0526. The first-order chi connectivity index (χ1) is 7.77. The predicted octanol–water partition coefficient (Wildman–Crippen LogP) is 2.10. The molecule has 0 unspecified atom stereocenters. The molecule has 0 bridgehead atoms. The van der Waals surface area contributed by atoms with Crippen LogP contribution in [-0.4, -0.2) is 26.2 Å². The fourth-order valence-corrected chi connectivity index (χ4v) is 1.30. The molecule has 0 atom stereocenters. The summed E-state index contributed by atoms with van der Waals surface area (Å²) in [6.07, 6.45) is 3.98. The molecule has 0 amide bonds. The van der Waals surface area contributed by atoms with Gasteiger partial charge in [0.25, 0.3) is 0 Å². The summed E-state index contributed by atoms with van der Waals surface area (Å²) in [5.74, 6) is -0.272. The molecule has 0 heterocycles. The highest BCUT2D eigenvalue weighted by atomic mass is 16.5. The van der Waals surface area contributed by atoms with Gasteiger partial charge in [0.1, 0.15) is 0 Å². The van der Waals surface area contributed by atoms with Crippen LogP contribution in [-0.2, 0) is 4.74 Å². The van der Waals surface area contributed by atoms with Crippen molar-refractivity contribution in [2.75, 3.05) is 20.2 Å². The van der Waals surface area contributed by atoms with Crippen molar-refractivity contribution in [1.82, 2.24) is 5.32 Å². The number of carbonyl (C=O) groups is 1. The topological polar surface area (TPSA) is 38.3 Å². The van der Waals surface area contributed by atoms with Crippen LogP contribution in [0.3, 0.4) is 0 Å². The lowest BCUT2D eigenvalue weighted by Gasteiger charge is -2.02. The van der Waals surface area contributed by atoms with Crippen LogP contribution in [0.2, 0.25) is 0 Å². The Morgan fingerprint density at radius 2 is 2.31 bits per heavy atom. The van der Waals surface area contributed by atoms with Gasteiger partial charge in [-0.2, -0.15) is 0 Å². The van der Waals surface area contributed by atoms with Crippen LogP contribution in [0.1, 0.15) is 22.8 Å². The SMILES string of the molecule is CCOC(=O)c1cccc(C=CCNC)c1. The second-order valence-electron chi connectivity index (χ2n) is 3.31. The number of likely N-dealkylation sites (N-methyl/N-ethyl adjacent to an activating group) is 1. The monoisotopic (exact) mass is 219 g/mol. The average molecular weight is 219 g/mol. The Labute approximate surface area is 96.1 Å². The van der Waals surface area contributed by atoms with Crippen LogP contribution in [0.25, 0.3) is 6.08 Å². The van der Waals surface area contributed by atoms with Gasteiger partial charge in [0.2, 0.25) is 0 Å². The van der Waals surface area contributed by atoms with Crippen LogP contribution < -0.4 is 5.32 Å². The summed E-state index contributed by atoms with van der Waals surface area (Å²) in [6, 6.07) is 7.39. The minimum atomic E-state index is -0.272. The third-order valence-corrected chi connectivity index (χ3v) is 2.03. The summed E-state index contributed by atoms with van der Waals surface area (Å²) in [5, 5.41) is 3.02. The van der Waals surface area contributed by atoms with E-state index in [0.717, 1.165) is 12.1 Å². The van der Waals surface area contributed by atoms with Crippen LogP contribution in [0.15, 0.2) is 30.3 Å². The number of hydrogen-bond acceptors (Lipinski definition) is 3. The molecule has 0 aromatic heterocycles. The summed E-state index contributed by atoms with van der Waals surface area (Å²) in [7, 11) is 1.89. The molecule has 86 valence electrons. The molecular weight excluding hydrogens is 202 g/mol. The van der Waals surface area contributed by atoms with E-state index in [1.807, 2.05) is 37.4 Å². The number of hydrogen-bond donors (Lipinski definition) is 1. The van der Waals surface area contributed by atoms with Crippen molar-refractivity contribution in [2.24, 2.45) is 0 Å². The van der Waals surface area contributed by atoms with Crippen molar-refractivity contribution in [1.29, 1.82) is 0 Å². The third kappa shape index (κ3) is 3.87. The van der Waals surface area contributed by atoms with Gasteiger partial charge in [0, 0.05) is 6.54 Å². The molecule has 0 fully saturated rings. The summed E-state index contributed by atoms with van der Waals surface area (Å²) >= 11 is 0. The Balaban J connectivity index is 2.74. The predicted molar refractivity (Wildman–Crippen MR) is 65.4 cm³/mol. The molecule has 1 aromatic rings. The van der Waals surface area contributed by atoms with Gasteiger partial charge in [0.15, 0.2) is 0 Å². The molecule has 0 aliphatic heterocycles. The van der Waals surface area contributed by atoms with Crippen LogP contribution >= 0.6 is 0 Å². The maximum absolute atomic E-state index is 11.5. The van der Waals surface area contributed by atoms with E-state index >= 15 is 0 Å². The Kier molecular flexibility index (Phi) is 5.29. The van der Waals surface area contributed by atoms with E-state index in [1.165, 1.54) is 0 Å². The molecule has 0 radical (unpaired) electrons. The zero-order valence-electron chi connectivity index (χ0n) is 9.69. The van der Waals surface area contributed by atoms with Gasteiger partial charge in [-0.3, -0.25) is 0 Å². The number of ether oxygens (including phenoxy) is 1. The molecule has 3 nitrogen and oxygen atoms in total. The molecule has 1 rings (SSSR count). The first kappa shape index (κ1) is 12.5. The maximum atomic E-state index is 11.5. The minimum absolute atomic E-state index is 0.272. The summed E-state index contributed by atoms with van der Waals surface area (Å²) in [6.45, 7) is 3.01. The van der Waals surface area contributed by atoms with E-state index in [1.54, 1.807) is 13.0 Å². The van der Waals surface area contributed by atoms with Crippen LogP contribution in [0, 0.1) is 0 Å². The van der Waals surface area contributed by atoms with Crippen molar-refractivity contribution < 1.29 is 9.53 Å². The van der Waals surface area contributed by atoms with Crippen molar-refractivity contribution in [3.63, 3.8) is 0 Å². The molecule has 0 saturated heterocycles. The second kappa shape index (κ2) is 6.80. The molecule has 1 N–H and O–H groups in total. The van der Waals surface area contributed by atoms with Crippen molar-refractivity contribution in [3.05, 3.63) is 41.5 Å². The van der Waals surface area contributed by atoms with E-state index in [4.69, 9.17) is 4.74 Å². The van der Waals surface area contributed by atoms with Crippen molar-refractivity contribution >= 4 is 12.0 Å². The smallest absolute Gasteiger partial charge is 0.338 e. The Morgan fingerprint density at radius 1 is 1.50 bits per heavy atom. The van der Waals surface area contributed by atoms with E-state index < -0.39 is 0 Å². The van der Waals surface area contributed by atoms with E-state index in [0.29, 0.717) is 12.2 Å². The van der Waals surface area contributed by atoms with Gasteiger partial charge >= 0.3 is 5.97 Å². The number of rotatable bonds is 5. The maximum Gasteiger partial charge on any atom is 0.338 e. The average Bonchev–Trinajstić information content (AvgIpc) is 2.30. The highest BCUT2D eigenvalue weighted by Gasteiger charge is 2.05. The number of benzene rings is 1. The molecule has 0 aliphatic carbocycles. The standard InChI is InChI=1S/C13H17NO2/c1-3-16-13(15)12-8-4-6-11(10-12)7-5-9-14-2/h4-8,10,14H,3,9H2,1-2H3. The van der Waals surface area contributed by atoms with E-state index in [2.05, 4.69) is 5.32 Å². The number of esters is 1. The lowest BCUT2D eigenvalue weighted by Crippen LogP contribution is -2.05. The number of nitrogens with one attached hydrogen (secondary N) is 1. The first-order valence-corrected chi connectivity index (χ1v) is 5.36. The Hall–Kier alpha value is -1.61. The van der Waals surface area contributed by atoms with Gasteiger partial charge in [-0.05, 0) is 31.7 Å². The van der Waals surface area contributed by atoms with Gasteiger partial charge in [0.05, 0.1) is 12.2 Å². The first-order valence-electron chi connectivity index (χ1n) is 5.36. The van der Waals surface area contributed by atoms with Gasteiger partial charge < -0.3 is 10.1 Å². The normalized spacial score (nSPS) is 10.6. The summed E-state index contributed by atoms with van der Waals surface area (Å²) in [5.41, 5.74) is 1.59. The molecule has 1 aromatic carbocycles. The molecular formula is C13H17NO2. The van der Waals surface area contributed by atoms with Gasteiger partial charge in [-0.1, -0.05) is 24.3 Å². The van der Waals surface area contributed by atoms with E-state index in [9.17, 15) is 4.79 Å². The zero-order chi connectivity index (χ0) is 11.8. The third-order valence-electron chi connectivity index (χ3n) is 2.03. The largest absolute Gasteiger partial charge is 0.462 e. The number of carbonyl (C=O) groups excluding carboxylic acids is 1. The Bertz CT molecular complexity index is 372. The summed E-state index contributed by atoms with van der Waals surface area (Å²) in [4.78, 5) is 11.5. The lowest BCUT2D eigenvalue weighted by atomic mass is 10.1. The zero-order valence-corrected chi connectivity index (χ0v) is 9.69. The highest BCUT2D eigenvalue weighted by Crippen LogP contribution is 2.08. The molecule has 0 aliphatic rings. The minimum Gasteiger partial charge on any atom is -0.462 e.